The molecule has 1 aliphatic rings. The smallest absolute Gasteiger partial charge is 0.340 e. The SMILES string of the molecule is O=C(OCc1nc(-c2cccs2)no1)c1ccccc1N1CCCC1=O. The van der Waals surface area contributed by atoms with Gasteiger partial charge in [0.15, 0.2) is 6.61 Å². The van der Waals surface area contributed by atoms with Gasteiger partial charge in [-0.15, -0.1) is 11.3 Å². The number of anilines is 1. The van der Waals surface area contributed by atoms with E-state index in [0.29, 0.717) is 30.0 Å². The van der Waals surface area contributed by atoms with Crippen molar-refractivity contribution in [3.63, 3.8) is 0 Å². The van der Waals surface area contributed by atoms with E-state index in [1.54, 1.807) is 29.2 Å². The summed E-state index contributed by atoms with van der Waals surface area (Å²) in [7, 11) is 0. The minimum atomic E-state index is -0.531. The molecule has 2 aromatic heterocycles. The summed E-state index contributed by atoms with van der Waals surface area (Å²) in [4.78, 5) is 31.2. The maximum Gasteiger partial charge on any atom is 0.340 e. The Kier molecular flexibility index (Phi) is 4.49. The summed E-state index contributed by atoms with van der Waals surface area (Å²) in [5, 5.41) is 5.80. The minimum Gasteiger partial charge on any atom is -0.452 e. The van der Waals surface area contributed by atoms with Gasteiger partial charge in [-0.1, -0.05) is 23.4 Å². The number of amides is 1. The molecule has 1 aliphatic heterocycles. The number of para-hydroxylation sites is 1. The molecule has 1 fully saturated rings. The van der Waals surface area contributed by atoms with Crippen molar-refractivity contribution < 1.29 is 18.8 Å². The van der Waals surface area contributed by atoms with Gasteiger partial charge in [-0.3, -0.25) is 4.79 Å². The Morgan fingerprint density at radius 1 is 1.27 bits per heavy atom. The lowest BCUT2D eigenvalue weighted by Gasteiger charge is -2.18. The summed E-state index contributed by atoms with van der Waals surface area (Å²) >= 11 is 1.50. The molecule has 7 nitrogen and oxygen atoms in total. The van der Waals surface area contributed by atoms with Crippen LogP contribution in [0.4, 0.5) is 5.69 Å². The Bertz CT molecular complexity index is 936. The minimum absolute atomic E-state index is 0.0164. The van der Waals surface area contributed by atoms with Crippen molar-refractivity contribution in [1.82, 2.24) is 10.1 Å². The lowest BCUT2D eigenvalue weighted by molar-refractivity contribution is -0.117. The molecule has 3 heterocycles. The molecule has 26 heavy (non-hydrogen) atoms. The Hall–Kier alpha value is -3.00. The van der Waals surface area contributed by atoms with Crippen LogP contribution in [0.5, 0.6) is 0 Å². The maximum absolute atomic E-state index is 12.5. The Morgan fingerprint density at radius 2 is 2.15 bits per heavy atom. The first-order valence-corrected chi connectivity index (χ1v) is 9.03. The molecule has 0 aliphatic carbocycles. The molecule has 8 heteroatoms. The summed E-state index contributed by atoms with van der Waals surface area (Å²) < 4.78 is 10.4. The lowest BCUT2D eigenvalue weighted by atomic mass is 10.1. The summed E-state index contributed by atoms with van der Waals surface area (Å²) in [5.74, 6) is 0.171. The van der Waals surface area contributed by atoms with E-state index in [-0.39, 0.29) is 18.4 Å². The van der Waals surface area contributed by atoms with Crippen LogP contribution in [-0.2, 0) is 16.1 Å². The molecule has 0 bridgehead atoms. The number of carbonyl (C=O) groups is 2. The molecule has 1 saturated heterocycles. The summed E-state index contributed by atoms with van der Waals surface area (Å²) in [6.45, 7) is 0.483. The Labute approximate surface area is 153 Å². The van der Waals surface area contributed by atoms with Crippen molar-refractivity contribution in [2.75, 3.05) is 11.4 Å². The fourth-order valence-electron chi connectivity index (χ4n) is 2.81. The fraction of sp³-hybridized carbons (Fsp3) is 0.222. The maximum atomic E-state index is 12.5. The quantitative estimate of drug-likeness (QED) is 0.642. The number of hydrogen-bond acceptors (Lipinski definition) is 7. The van der Waals surface area contributed by atoms with E-state index in [4.69, 9.17) is 9.26 Å². The van der Waals surface area contributed by atoms with E-state index in [0.717, 1.165) is 11.3 Å². The molecule has 0 unspecified atom stereocenters. The molecule has 0 radical (unpaired) electrons. The average molecular weight is 369 g/mol. The molecule has 132 valence electrons. The number of esters is 1. The van der Waals surface area contributed by atoms with Gasteiger partial charge in [-0.25, -0.2) is 4.79 Å². The third-order valence-corrected chi connectivity index (χ3v) is 4.89. The predicted octanol–water partition coefficient (Wildman–Crippen LogP) is 3.28. The zero-order chi connectivity index (χ0) is 17.9. The normalized spacial score (nSPS) is 14.0. The van der Waals surface area contributed by atoms with E-state index >= 15 is 0 Å². The van der Waals surface area contributed by atoms with Crippen LogP contribution >= 0.6 is 11.3 Å². The second kappa shape index (κ2) is 7.09. The standard InChI is InChI=1S/C18H15N3O4S/c22-16-8-3-9-21(16)13-6-2-1-5-12(13)18(23)24-11-15-19-17(20-25-15)14-7-4-10-26-14/h1-2,4-7,10H,3,8-9,11H2. The number of aromatic nitrogens is 2. The van der Waals surface area contributed by atoms with E-state index in [1.807, 2.05) is 17.5 Å². The van der Waals surface area contributed by atoms with Gasteiger partial charge in [0.1, 0.15) is 0 Å². The second-order valence-corrected chi connectivity index (χ2v) is 6.68. The Morgan fingerprint density at radius 3 is 2.92 bits per heavy atom. The topological polar surface area (TPSA) is 85.5 Å². The molecule has 1 aromatic carbocycles. The molecular formula is C18H15N3O4S. The average Bonchev–Trinajstić information content (AvgIpc) is 3.41. The molecule has 0 spiro atoms. The van der Waals surface area contributed by atoms with Gasteiger partial charge in [0.05, 0.1) is 16.1 Å². The van der Waals surface area contributed by atoms with Gasteiger partial charge in [0.2, 0.25) is 11.7 Å². The van der Waals surface area contributed by atoms with Gasteiger partial charge in [0.25, 0.3) is 5.89 Å². The van der Waals surface area contributed by atoms with Crippen molar-refractivity contribution in [2.24, 2.45) is 0 Å². The molecule has 0 saturated carbocycles. The summed E-state index contributed by atoms with van der Waals surface area (Å²) in [5.41, 5.74) is 0.922. The van der Waals surface area contributed by atoms with Gasteiger partial charge in [-0.2, -0.15) is 4.98 Å². The van der Waals surface area contributed by atoms with Crippen molar-refractivity contribution in [3.8, 4) is 10.7 Å². The number of rotatable bonds is 5. The third kappa shape index (κ3) is 3.23. The Balaban J connectivity index is 1.47. The van der Waals surface area contributed by atoms with Crippen molar-refractivity contribution in [2.45, 2.75) is 19.4 Å². The molecule has 3 aromatic rings. The number of hydrogen-bond donors (Lipinski definition) is 0. The van der Waals surface area contributed by atoms with Crippen LogP contribution in [0.25, 0.3) is 10.7 Å². The van der Waals surface area contributed by atoms with Gasteiger partial charge in [-0.05, 0) is 30.0 Å². The number of ether oxygens (including phenoxy) is 1. The fourth-order valence-corrected chi connectivity index (χ4v) is 3.46. The highest BCUT2D eigenvalue weighted by molar-refractivity contribution is 7.13. The molecule has 1 amide bonds. The number of thiophene rings is 1. The largest absolute Gasteiger partial charge is 0.452 e. The zero-order valence-electron chi connectivity index (χ0n) is 13.8. The summed E-state index contributed by atoms with van der Waals surface area (Å²) in [6, 6.07) is 10.7. The van der Waals surface area contributed by atoms with Crippen molar-refractivity contribution in [1.29, 1.82) is 0 Å². The monoisotopic (exact) mass is 369 g/mol. The molecule has 0 atom stereocenters. The number of benzene rings is 1. The lowest BCUT2D eigenvalue weighted by Crippen LogP contribution is -2.26. The third-order valence-electron chi connectivity index (χ3n) is 4.02. The van der Waals surface area contributed by atoms with Crippen LogP contribution in [0.1, 0.15) is 29.1 Å². The van der Waals surface area contributed by atoms with Gasteiger partial charge in [0, 0.05) is 13.0 Å². The first-order chi connectivity index (χ1) is 12.7. The van der Waals surface area contributed by atoms with Gasteiger partial charge < -0.3 is 14.2 Å². The van der Waals surface area contributed by atoms with E-state index < -0.39 is 5.97 Å². The molecular weight excluding hydrogens is 354 g/mol. The van der Waals surface area contributed by atoms with Crippen LogP contribution in [0.2, 0.25) is 0 Å². The van der Waals surface area contributed by atoms with Gasteiger partial charge >= 0.3 is 5.97 Å². The van der Waals surface area contributed by atoms with Crippen LogP contribution in [-0.4, -0.2) is 28.6 Å². The van der Waals surface area contributed by atoms with Crippen LogP contribution in [0, 0.1) is 0 Å². The highest BCUT2D eigenvalue weighted by Gasteiger charge is 2.26. The molecule has 4 rings (SSSR count). The number of nitrogens with zero attached hydrogens (tertiary/aromatic N) is 3. The van der Waals surface area contributed by atoms with Crippen LogP contribution in [0.3, 0.4) is 0 Å². The van der Waals surface area contributed by atoms with Crippen LogP contribution in [0.15, 0.2) is 46.3 Å². The second-order valence-electron chi connectivity index (χ2n) is 5.73. The highest BCUT2D eigenvalue weighted by Crippen LogP contribution is 2.26. The highest BCUT2D eigenvalue weighted by atomic mass is 32.1. The zero-order valence-corrected chi connectivity index (χ0v) is 14.6. The van der Waals surface area contributed by atoms with Crippen molar-refractivity contribution >= 4 is 28.9 Å². The number of carbonyl (C=O) groups excluding carboxylic acids is 2. The predicted molar refractivity (Wildman–Crippen MR) is 94.8 cm³/mol. The molecule has 0 N–H and O–H groups in total. The van der Waals surface area contributed by atoms with Crippen molar-refractivity contribution in [3.05, 3.63) is 53.2 Å². The van der Waals surface area contributed by atoms with E-state index in [9.17, 15) is 9.59 Å². The van der Waals surface area contributed by atoms with Crippen LogP contribution < -0.4 is 4.90 Å². The first kappa shape index (κ1) is 16.5. The van der Waals surface area contributed by atoms with E-state index in [2.05, 4.69) is 10.1 Å². The summed E-state index contributed by atoms with van der Waals surface area (Å²) in [6.07, 6.45) is 1.28. The van der Waals surface area contributed by atoms with E-state index in [1.165, 1.54) is 11.3 Å². The first-order valence-electron chi connectivity index (χ1n) is 8.15.